The Morgan fingerprint density at radius 1 is 1.50 bits per heavy atom. The molecule has 1 aromatic rings. The number of rotatable bonds is 4. The highest BCUT2D eigenvalue weighted by molar-refractivity contribution is 5.97. The molecule has 0 spiro atoms. The minimum absolute atomic E-state index is 0.0160. The molecule has 0 saturated heterocycles. The summed E-state index contributed by atoms with van der Waals surface area (Å²) in [5.41, 5.74) is 7.72. The van der Waals surface area contributed by atoms with E-state index in [0.29, 0.717) is 17.7 Å². The third-order valence-corrected chi connectivity index (χ3v) is 3.32. The van der Waals surface area contributed by atoms with Gasteiger partial charge in [0.05, 0.1) is 18.7 Å². The van der Waals surface area contributed by atoms with Crippen LogP contribution in [-0.2, 0) is 0 Å². The smallest absolute Gasteiger partial charge is 0.255 e. The topological polar surface area (TPSA) is 66.6 Å². The summed E-state index contributed by atoms with van der Waals surface area (Å²) in [5, 5.41) is 9.14. The van der Waals surface area contributed by atoms with Gasteiger partial charge in [-0.2, -0.15) is 0 Å². The maximum absolute atomic E-state index is 12.7. The lowest BCUT2D eigenvalue weighted by Crippen LogP contribution is -2.36. The highest BCUT2D eigenvalue weighted by Crippen LogP contribution is 2.28. The summed E-state index contributed by atoms with van der Waals surface area (Å²) in [4.78, 5) is 14.4. The van der Waals surface area contributed by atoms with E-state index in [-0.39, 0.29) is 25.1 Å². The van der Waals surface area contributed by atoms with Gasteiger partial charge in [-0.3, -0.25) is 4.79 Å². The van der Waals surface area contributed by atoms with Crippen molar-refractivity contribution in [1.29, 1.82) is 0 Å². The molecule has 1 saturated carbocycles. The molecule has 20 heavy (non-hydrogen) atoms. The second-order valence-electron chi connectivity index (χ2n) is 5.01. The van der Waals surface area contributed by atoms with E-state index in [1.54, 1.807) is 4.90 Å². The van der Waals surface area contributed by atoms with Gasteiger partial charge >= 0.3 is 0 Å². The quantitative estimate of drug-likeness (QED) is 0.800. The molecule has 1 aliphatic rings. The van der Waals surface area contributed by atoms with Crippen LogP contribution in [0.3, 0.4) is 0 Å². The van der Waals surface area contributed by atoms with Gasteiger partial charge in [0.25, 0.3) is 5.91 Å². The zero-order valence-electron chi connectivity index (χ0n) is 11.7. The SMILES string of the molecule is Cc1ccc(C#CCN)c(C(=O)N(CCO)C2CC2)c1. The molecule has 1 aromatic carbocycles. The summed E-state index contributed by atoms with van der Waals surface area (Å²) >= 11 is 0. The molecule has 1 aliphatic carbocycles. The van der Waals surface area contributed by atoms with E-state index in [1.807, 2.05) is 25.1 Å². The fraction of sp³-hybridized carbons (Fsp3) is 0.438. The van der Waals surface area contributed by atoms with Crippen LogP contribution in [0.5, 0.6) is 0 Å². The van der Waals surface area contributed by atoms with E-state index in [1.165, 1.54) is 0 Å². The first kappa shape index (κ1) is 14.6. The summed E-state index contributed by atoms with van der Waals surface area (Å²) in [7, 11) is 0. The number of carbonyl (C=O) groups is 1. The summed E-state index contributed by atoms with van der Waals surface area (Å²) < 4.78 is 0. The zero-order valence-corrected chi connectivity index (χ0v) is 11.7. The molecule has 0 unspecified atom stereocenters. The first-order valence-electron chi connectivity index (χ1n) is 6.88. The average molecular weight is 272 g/mol. The van der Waals surface area contributed by atoms with Crippen LogP contribution in [0.4, 0.5) is 0 Å². The Labute approximate surface area is 119 Å². The Kier molecular flexibility index (Phi) is 4.78. The largest absolute Gasteiger partial charge is 0.395 e. The number of amides is 1. The van der Waals surface area contributed by atoms with Gasteiger partial charge in [-0.15, -0.1) is 0 Å². The van der Waals surface area contributed by atoms with Crippen LogP contribution in [0.2, 0.25) is 0 Å². The lowest BCUT2D eigenvalue weighted by atomic mass is 10.0. The van der Waals surface area contributed by atoms with Crippen molar-refractivity contribution in [3.63, 3.8) is 0 Å². The Hall–Kier alpha value is -1.83. The monoisotopic (exact) mass is 272 g/mol. The van der Waals surface area contributed by atoms with Gasteiger partial charge in [0.2, 0.25) is 0 Å². The third-order valence-electron chi connectivity index (χ3n) is 3.32. The van der Waals surface area contributed by atoms with Crippen molar-refractivity contribution in [1.82, 2.24) is 4.90 Å². The molecule has 0 heterocycles. The second-order valence-corrected chi connectivity index (χ2v) is 5.01. The van der Waals surface area contributed by atoms with Gasteiger partial charge in [-0.05, 0) is 31.9 Å². The summed E-state index contributed by atoms with van der Waals surface area (Å²) in [6.07, 6.45) is 2.03. The van der Waals surface area contributed by atoms with Crippen LogP contribution < -0.4 is 5.73 Å². The first-order chi connectivity index (χ1) is 9.67. The van der Waals surface area contributed by atoms with Gasteiger partial charge in [-0.1, -0.05) is 23.5 Å². The lowest BCUT2D eigenvalue weighted by Gasteiger charge is -2.22. The molecule has 4 heteroatoms. The van der Waals surface area contributed by atoms with Crippen molar-refractivity contribution in [2.24, 2.45) is 5.73 Å². The third kappa shape index (κ3) is 3.38. The molecule has 1 amide bonds. The number of carbonyl (C=O) groups excluding carboxylic acids is 1. The maximum Gasteiger partial charge on any atom is 0.255 e. The number of aliphatic hydroxyl groups is 1. The van der Waals surface area contributed by atoms with Crippen molar-refractivity contribution in [2.45, 2.75) is 25.8 Å². The minimum atomic E-state index is -0.0495. The van der Waals surface area contributed by atoms with E-state index >= 15 is 0 Å². The number of hydrogen-bond acceptors (Lipinski definition) is 3. The van der Waals surface area contributed by atoms with E-state index < -0.39 is 0 Å². The van der Waals surface area contributed by atoms with Crippen molar-refractivity contribution >= 4 is 5.91 Å². The number of hydrogen-bond donors (Lipinski definition) is 2. The highest BCUT2D eigenvalue weighted by Gasteiger charge is 2.33. The molecular formula is C16H20N2O2. The van der Waals surface area contributed by atoms with Crippen molar-refractivity contribution in [3.05, 3.63) is 34.9 Å². The van der Waals surface area contributed by atoms with E-state index in [2.05, 4.69) is 11.8 Å². The highest BCUT2D eigenvalue weighted by atomic mass is 16.3. The van der Waals surface area contributed by atoms with Gasteiger partial charge in [0.15, 0.2) is 0 Å². The van der Waals surface area contributed by atoms with Crippen molar-refractivity contribution < 1.29 is 9.90 Å². The molecule has 4 nitrogen and oxygen atoms in total. The Bertz CT molecular complexity index is 553. The lowest BCUT2D eigenvalue weighted by molar-refractivity contribution is 0.0707. The second kappa shape index (κ2) is 6.56. The molecule has 0 bridgehead atoms. The van der Waals surface area contributed by atoms with E-state index in [0.717, 1.165) is 18.4 Å². The van der Waals surface area contributed by atoms with Gasteiger partial charge in [0.1, 0.15) is 0 Å². The van der Waals surface area contributed by atoms with Gasteiger partial charge < -0.3 is 15.7 Å². The fourth-order valence-corrected chi connectivity index (χ4v) is 2.19. The predicted molar refractivity (Wildman–Crippen MR) is 78.3 cm³/mol. The Morgan fingerprint density at radius 2 is 2.25 bits per heavy atom. The summed E-state index contributed by atoms with van der Waals surface area (Å²) in [6.45, 7) is 2.58. The first-order valence-corrected chi connectivity index (χ1v) is 6.88. The normalized spacial score (nSPS) is 13.6. The van der Waals surface area contributed by atoms with Crippen LogP contribution in [0.25, 0.3) is 0 Å². The Morgan fingerprint density at radius 3 is 2.85 bits per heavy atom. The van der Waals surface area contributed by atoms with Gasteiger partial charge in [-0.25, -0.2) is 0 Å². The number of benzene rings is 1. The minimum Gasteiger partial charge on any atom is -0.395 e. The summed E-state index contributed by atoms with van der Waals surface area (Å²) in [5.74, 6) is 5.70. The van der Waals surface area contributed by atoms with Crippen LogP contribution in [-0.4, -0.2) is 41.7 Å². The van der Waals surface area contributed by atoms with Gasteiger partial charge in [0, 0.05) is 18.2 Å². The Balaban J connectivity index is 2.33. The number of nitrogens with two attached hydrogens (primary N) is 1. The molecule has 1 fully saturated rings. The molecule has 0 radical (unpaired) electrons. The molecule has 3 N–H and O–H groups in total. The zero-order chi connectivity index (χ0) is 14.5. The molecule has 0 aromatic heterocycles. The number of aryl methyl sites for hydroxylation is 1. The van der Waals surface area contributed by atoms with Crippen LogP contribution in [0, 0.1) is 18.8 Å². The van der Waals surface area contributed by atoms with E-state index in [4.69, 9.17) is 10.8 Å². The van der Waals surface area contributed by atoms with Crippen molar-refractivity contribution in [2.75, 3.05) is 19.7 Å². The number of aliphatic hydroxyl groups excluding tert-OH is 1. The fourth-order valence-electron chi connectivity index (χ4n) is 2.19. The predicted octanol–water partition coefficient (Wildman–Crippen LogP) is 0.902. The van der Waals surface area contributed by atoms with Crippen LogP contribution in [0.15, 0.2) is 18.2 Å². The molecule has 2 rings (SSSR count). The van der Waals surface area contributed by atoms with Crippen LogP contribution in [0.1, 0.15) is 34.3 Å². The maximum atomic E-state index is 12.7. The number of nitrogens with zero attached hydrogens (tertiary/aromatic N) is 1. The molecular weight excluding hydrogens is 252 g/mol. The molecule has 0 aliphatic heterocycles. The average Bonchev–Trinajstić information content (AvgIpc) is 3.27. The van der Waals surface area contributed by atoms with Crippen LogP contribution >= 0.6 is 0 Å². The standard InChI is InChI=1S/C16H20N2O2/c1-12-4-5-13(3-2-8-17)15(11-12)16(20)18(9-10-19)14-6-7-14/h4-5,11,14,19H,6-10,17H2,1H3. The van der Waals surface area contributed by atoms with E-state index in [9.17, 15) is 4.79 Å². The van der Waals surface area contributed by atoms with Crippen molar-refractivity contribution in [3.8, 4) is 11.8 Å². The molecule has 0 atom stereocenters. The summed E-state index contributed by atoms with van der Waals surface area (Å²) in [6, 6.07) is 5.92. The molecule has 106 valence electrons.